The molecular formula is C19H25N3O4. The first-order chi connectivity index (χ1) is 12.6. The van der Waals surface area contributed by atoms with Crippen LogP contribution in [-0.4, -0.2) is 42.5 Å². The van der Waals surface area contributed by atoms with Crippen molar-refractivity contribution >= 4 is 23.5 Å². The van der Waals surface area contributed by atoms with Crippen molar-refractivity contribution in [1.82, 2.24) is 10.6 Å². The van der Waals surface area contributed by atoms with Crippen LogP contribution in [0.2, 0.25) is 0 Å². The fourth-order valence-corrected chi connectivity index (χ4v) is 3.57. The monoisotopic (exact) mass is 359 g/mol. The number of benzene rings is 1. The SMILES string of the molecule is CCOC(=O)c1ccc(NC(=O)CC2NC3CCCCC3NC2=O)cc1. The van der Waals surface area contributed by atoms with E-state index in [1.54, 1.807) is 31.2 Å². The minimum Gasteiger partial charge on any atom is -0.462 e. The Morgan fingerprint density at radius 3 is 2.54 bits per heavy atom. The van der Waals surface area contributed by atoms with Crippen LogP contribution in [0.3, 0.4) is 0 Å². The van der Waals surface area contributed by atoms with Crippen molar-refractivity contribution < 1.29 is 19.1 Å². The van der Waals surface area contributed by atoms with E-state index in [2.05, 4.69) is 16.0 Å². The van der Waals surface area contributed by atoms with Gasteiger partial charge in [-0.05, 0) is 44.0 Å². The lowest BCUT2D eigenvalue weighted by molar-refractivity contribution is -0.129. The number of piperazine rings is 1. The van der Waals surface area contributed by atoms with Gasteiger partial charge in [0.1, 0.15) is 0 Å². The van der Waals surface area contributed by atoms with E-state index in [1.807, 2.05) is 0 Å². The number of carbonyl (C=O) groups excluding carboxylic acids is 3. The fraction of sp³-hybridized carbons (Fsp3) is 0.526. The summed E-state index contributed by atoms with van der Waals surface area (Å²) in [5.41, 5.74) is 1.01. The minimum atomic E-state index is -0.506. The summed E-state index contributed by atoms with van der Waals surface area (Å²) in [5, 5.41) is 9.13. The zero-order valence-corrected chi connectivity index (χ0v) is 14.9. The van der Waals surface area contributed by atoms with Gasteiger partial charge in [-0.25, -0.2) is 4.79 Å². The Morgan fingerprint density at radius 2 is 1.85 bits per heavy atom. The predicted octanol–water partition coefficient (Wildman–Crippen LogP) is 1.59. The maximum absolute atomic E-state index is 12.3. The number of hydrogen-bond acceptors (Lipinski definition) is 5. The highest BCUT2D eigenvalue weighted by Gasteiger charge is 2.36. The summed E-state index contributed by atoms with van der Waals surface area (Å²) in [6, 6.07) is 6.44. The van der Waals surface area contributed by atoms with Gasteiger partial charge >= 0.3 is 5.97 Å². The third-order valence-corrected chi connectivity index (χ3v) is 4.89. The van der Waals surface area contributed by atoms with Gasteiger partial charge in [-0.15, -0.1) is 0 Å². The number of ether oxygens (including phenoxy) is 1. The smallest absolute Gasteiger partial charge is 0.338 e. The van der Waals surface area contributed by atoms with Gasteiger partial charge in [0.25, 0.3) is 0 Å². The molecule has 7 heteroatoms. The highest BCUT2D eigenvalue weighted by molar-refractivity contribution is 5.96. The van der Waals surface area contributed by atoms with Crippen molar-refractivity contribution in [3.05, 3.63) is 29.8 Å². The number of carbonyl (C=O) groups is 3. The molecule has 0 spiro atoms. The first-order valence-corrected chi connectivity index (χ1v) is 9.20. The van der Waals surface area contributed by atoms with Crippen molar-refractivity contribution in [2.24, 2.45) is 0 Å². The maximum atomic E-state index is 12.3. The average molecular weight is 359 g/mol. The Morgan fingerprint density at radius 1 is 1.15 bits per heavy atom. The number of nitrogens with one attached hydrogen (secondary N) is 3. The van der Waals surface area contributed by atoms with Crippen LogP contribution in [0.5, 0.6) is 0 Å². The molecule has 1 saturated heterocycles. The largest absolute Gasteiger partial charge is 0.462 e. The predicted molar refractivity (Wildman–Crippen MR) is 96.8 cm³/mol. The molecule has 1 heterocycles. The summed E-state index contributed by atoms with van der Waals surface area (Å²) in [5.74, 6) is -0.743. The lowest BCUT2D eigenvalue weighted by atomic mass is 9.87. The minimum absolute atomic E-state index is 0.0781. The molecule has 2 fully saturated rings. The first kappa shape index (κ1) is 18.4. The standard InChI is InChI=1S/C19H25N3O4/c1-2-26-19(25)12-7-9-13(10-8-12)20-17(23)11-16-18(24)22-15-6-4-3-5-14(15)21-16/h7-10,14-16,21H,2-6,11H2,1H3,(H,20,23)(H,22,24). The summed E-state index contributed by atoms with van der Waals surface area (Å²) in [7, 11) is 0. The topological polar surface area (TPSA) is 96.5 Å². The molecule has 1 saturated carbocycles. The van der Waals surface area contributed by atoms with E-state index >= 15 is 0 Å². The van der Waals surface area contributed by atoms with Gasteiger partial charge in [-0.3, -0.25) is 9.59 Å². The molecule has 0 aromatic heterocycles. The van der Waals surface area contributed by atoms with E-state index in [0.717, 1.165) is 25.7 Å². The van der Waals surface area contributed by atoms with E-state index in [9.17, 15) is 14.4 Å². The van der Waals surface area contributed by atoms with Gasteiger partial charge in [-0.1, -0.05) is 12.8 Å². The highest BCUT2D eigenvalue weighted by Crippen LogP contribution is 2.22. The van der Waals surface area contributed by atoms with Crippen LogP contribution in [0.1, 0.15) is 49.4 Å². The summed E-state index contributed by atoms with van der Waals surface area (Å²) in [4.78, 5) is 36.1. The third kappa shape index (κ3) is 4.40. The zero-order valence-electron chi connectivity index (χ0n) is 14.9. The van der Waals surface area contributed by atoms with Gasteiger partial charge in [0.2, 0.25) is 11.8 Å². The van der Waals surface area contributed by atoms with Gasteiger partial charge in [-0.2, -0.15) is 0 Å². The third-order valence-electron chi connectivity index (χ3n) is 4.89. The molecule has 1 aliphatic heterocycles. The molecule has 1 aromatic carbocycles. The van der Waals surface area contributed by atoms with Crippen LogP contribution in [0, 0.1) is 0 Å². The zero-order chi connectivity index (χ0) is 18.5. The molecule has 3 N–H and O–H groups in total. The van der Waals surface area contributed by atoms with Crippen LogP contribution in [-0.2, 0) is 14.3 Å². The molecule has 3 atom stereocenters. The van der Waals surface area contributed by atoms with Gasteiger partial charge < -0.3 is 20.7 Å². The Balaban J connectivity index is 1.53. The Hall–Kier alpha value is -2.41. The van der Waals surface area contributed by atoms with Crippen LogP contribution in [0.25, 0.3) is 0 Å². The van der Waals surface area contributed by atoms with Crippen LogP contribution in [0.4, 0.5) is 5.69 Å². The molecule has 3 rings (SSSR count). The molecule has 7 nitrogen and oxygen atoms in total. The van der Waals surface area contributed by atoms with Crippen molar-refractivity contribution in [3.8, 4) is 0 Å². The summed E-state index contributed by atoms with van der Waals surface area (Å²) < 4.78 is 4.93. The van der Waals surface area contributed by atoms with Crippen molar-refractivity contribution in [2.45, 2.75) is 57.2 Å². The number of fused-ring (bicyclic) bond motifs is 1. The summed E-state index contributed by atoms with van der Waals surface area (Å²) in [6.07, 6.45) is 4.38. The van der Waals surface area contributed by atoms with Crippen molar-refractivity contribution in [2.75, 3.05) is 11.9 Å². The number of esters is 1. The lowest BCUT2D eigenvalue weighted by Gasteiger charge is -2.40. The second-order valence-corrected chi connectivity index (χ2v) is 6.78. The Labute approximate surface area is 152 Å². The van der Waals surface area contributed by atoms with Gasteiger partial charge in [0.05, 0.1) is 24.6 Å². The number of hydrogen-bond donors (Lipinski definition) is 3. The van der Waals surface area contributed by atoms with E-state index in [4.69, 9.17) is 4.74 Å². The highest BCUT2D eigenvalue weighted by atomic mass is 16.5. The van der Waals surface area contributed by atoms with Gasteiger partial charge in [0.15, 0.2) is 0 Å². The Kier molecular flexibility index (Phi) is 5.88. The molecule has 1 aromatic rings. The Bertz CT molecular complexity index is 674. The molecule has 2 aliphatic rings. The summed E-state index contributed by atoms with van der Waals surface area (Å²) >= 11 is 0. The van der Waals surface area contributed by atoms with E-state index in [1.165, 1.54) is 0 Å². The quantitative estimate of drug-likeness (QED) is 0.694. The summed E-state index contributed by atoms with van der Waals surface area (Å²) in [6.45, 7) is 2.06. The van der Waals surface area contributed by atoms with Crippen molar-refractivity contribution in [3.63, 3.8) is 0 Å². The molecule has 26 heavy (non-hydrogen) atoms. The molecule has 0 bridgehead atoms. The maximum Gasteiger partial charge on any atom is 0.338 e. The molecule has 1 aliphatic carbocycles. The number of amides is 2. The first-order valence-electron chi connectivity index (χ1n) is 9.20. The molecular weight excluding hydrogens is 334 g/mol. The second kappa shape index (κ2) is 8.31. The molecule has 3 unspecified atom stereocenters. The molecule has 0 radical (unpaired) electrons. The van der Waals surface area contributed by atoms with E-state index in [0.29, 0.717) is 17.9 Å². The number of anilines is 1. The number of rotatable bonds is 5. The van der Waals surface area contributed by atoms with E-state index < -0.39 is 12.0 Å². The lowest BCUT2D eigenvalue weighted by Crippen LogP contribution is -2.65. The fourth-order valence-electron chi connectivity index (χ4n) is 3.57. The van der Waals surface area contributed by atoms with Crippen LogP contribution in [0.15, 0.2) is 24.3 Å². The van der Waals surface area contributed by atoms with Crippen LogP contribution < -0.4 is 16.0 Å². The van der Waals surface area contributed by atoms with Gasteiger partial charge in [0, 0.05) is 17.8 Å². The normalized spacial score (nSPS) is 25.0. The molecule has 2 amide bonds. The second-order valence-electron chi connectivity index (χ2n) is 6.78. The van der Waals surface area contributed by atoms with E-state index in [-0.39, 0.29) is 30.3 Å². The van der Waals surface area contributed by atoms with Crippen molar-refractivity contribution in [1.29, 1.82) is 0 Å². The average Bonchev–Trinajstić information content (AvgIpc) is 2.63. The van der Waals surface area contributed by atoms with Crippen LogP contribution >= 0.6 is 0 Å². The molecule has 140 valence electrons.